The molecule has 0 spiro atoms. The number of hydrogen-bond donors (Lipinski definition) is 0. The van der Waals surface area contributed by atoms with Crippen molar-refractivity contribution in [3.8, 4) is 0 Å². The first-order valence-electron chi connectivity index (χ1n) is 8.37. The van der Waals surface area contributed by atoms with Gasteiger partial charge in [0.15, 0.2) is 0 Å². The number of benzene rings is 1. The van der Waals surface area contributed by atoms with Gasteiger partial charge in [0.1, 0.15) is 0 Å². The minimum atomic E-state index is -0.194. The second-order valence-electron chi connectivity index (χ2n) is 6.23. The number of likely N-dealkylation sites (N-methyl/N-ethyl adjacent to an activating group) is 1. The Morgan fingerprint density at radius 3 is 2.92 bits per heavy atom. The molecule has 1 aromatic carbocycles. The van der Waals surface area contributed by atoms with Crippen LogP contribution < -0.4 is 0 Å². The van der Waals surface area contributed by atoms with Crippen molar-refractivity contribution in [2.45, 2.75) is 26.3 Å². The number of amides is 1. The minimum absolute atomic E-state index is 0.0496. The van der Waals surface area contributed by atoms with Gasteiger partial charge in [0.25, 0.3) is 0 Å². The van der Waals surface area contributed by atoms with Crippen LogP contribution in [0.4, 0.5) is 0 Å². The molecule has 1 aliphatic rings. The first kappa shape index (κ1) is 18.7. The lowest BCUT2D eigenvalue weighted by atomic mass is 9.98. The Morgan fingerprint density at radius 2 is 2.21 bits per heavy atom. The van der Waals surface area contributed by atoms with Crippen molar-refractivity contribution in [1.29, 1.82) is 0 Å². The Balaban J connectivity index is 1.85. The summed E-state index contributed by atoms with van der Waals surface area (Å²) in [5.74, 6) is -0.336. The standard InChI is InChI=1S/C18H25ClN2O3/c1-3-24-18(23)15-7-5-9-21(12-15)17(22)13-20(2)11-14-6-4-8-16(19)10-14/h4,6,8,10,15H,3,5,7,9,11-13H2,1-2H3. The van der Waals surface area contributed by atoms with E-state index in [-0.39, 0.29) is 17.8 Å². The van der Waals surface area contributed by atoms with E-state index in [2.05, 4.69) is 0 Å². The number of halogens is 1. The van der Waals surface area contributed by atoms with E-state index in [0.29, 0.717) is 37.8 Å². The van der Waals surface area contributed by atoms with E-state index < -0.39 is 0 Å². The predicted molar refractivity (Wildman–Crippen MR) is 93.7 cm³/mol. The number of esters is 1. The number of ether oxygens (including phenoxy) is 1. The molecule has 0 aliphatic carbocycles. The Labute approximate surface area is 148 Å². The highest BCUT2D eigenvalue weighted by molar-refractivity contribution is 6.30. The van der Waals surface area contributed by atoms with Crippen LogP contribution in [-0.4, -0.2) is 55.0 Å². The van der Waals surface area contributed by atoms with Gasteiger partial charge in [0.2, 0.25) is 5.91 Å². The van der Waals surface area contributed by atoms with E-state index in [9.17, 15) is 9.59 Å². The highest BCUT2D eigenvalue weighted by Crippen LogP contribution is 2.18. The average molecular weight is 353 g/mol. The number of likely N-dealkylation sites (tertiary alicyclic amines) is 1. The maximum absolute atomic E-state index is 12.5. The lowest BCUT2D eigenvalue weighted by Gasteiger charge is -2.32. The number of carbonyl (C=O) groups is 2. The minimum Gasteiger partial charge on any atom is -0.466 e. The fraction of sp³-hybridized carbons (Fsp3) is 0.556. The van der Waals surface area contributed by atoms with Gasteiger partial charge >= 0.3 is 5.97 Å². The predicted octanol–water partition coefficient (Wildman–Crippen LogP) is 2.57. The van der Waals surface area contributed by atoms with Crippen LogP contribution in [0.1, 0.15) is 25.3 Å². The zero-order valence-corrected chi connectivity index (χ0v) is 15.1. The van der Waals surface area contributed by atoms with Gasteiger partial charge in [-0.05, 0) is 44.5 Å². The highest BCUT2D eigenvalue weighted by Gasteiger charge is 2.29. The Kier molecular flexibility index (Phi) is 7.06. The maximum atomic E-state index is 12.5. The molecule has 1 atom stereocenters. The number of nitrogens with zero attached hydrogens (tertiary/aromatic N) is 2. The van der Waals surface area contributed by atoms with Gasteiger partial charge in [-0.2, -0.15) is 0 Å². The molecule has 0 aromatic heterocycles. The van der Waals surface area contributed by atoms with Gasteiger partial charge in [-0.25, -0.2) is 0 Å². The molecule has 1 aromatic rings. The van der Waals surface area contributed by atoms with E-state index in [1.54, 1.807) is 11.8 Å². The van der Waals surface area contributed by atoms with Crippen LogP contribution in [-0.2, 0) is 20.9 Å². The number of piperidine rings is 1. The van der Waals surface area contributed by atoms with Gasteiger partial charge in [-0.3, -0.25) is 14.5 Å². The molecule has 1 unspecified atom stereocenters. The van der Waals surface area contributed by atoms with Crippen LogP contribution in [0.3, 0.4) is 0 Å². The number of rotatable bonds is 6. The van der Waals surface area contributed by atoms with Crippen LogP contribution in [0.2, 0.25) is 5.02 Å². The van der Waals surface area contributed by atoms with Crippen LogP contribution >= 0.6 is 11.6 Å². The van der Waals surface area contributed by atoms with Crippen molar-refractivity contribution in [2.75, 3.05) is 33.3 Å². The van der Waals surface area contributed by atoms with Crippen molar-refractivity contribution in [3.63, 3.8) is 0 Å². The smallest absolute Gasteiger partial charge is 0.310 e. The molecule has 1 fully saturated rings. The Hall–Kier alpha value is -1.59. The van der Waals surface area contributed by atoms with Crippen molar-refractivity contribution in [2.24, 2.45) is 5.92 Å². The van der Waals surface area contributed by atoms with E-state index >= 15 is 0 Å². The molecular formula is C18H25ClN2O3. The first-order valence-corrected chi connectivity index (χ1v) is 8.74. The molecule has 1 heterocycles. The van der Waals surface area contributed by atoms with Crippen molar-refractivity contribution in [1.82, 2.24) is 9.80 Å². The maximum Gasteiger partial charge on any atom is 0.310 e. The number of carbonyl (C=O) groups excluding carboxylic acids is 2. The summed E-state index contributed by atoms with van der Waals surface area (Å²) in [5.41, 5.74) is 1.07. The van der Waals surface area contributed by atoms with E-state index in [0.717, 1.165) is 18.4 Å². The van der Waals surface area contributed by atoms with E-state index in [4.69, 9.17) is 16.3 Å². The normalized spacial score (nSPS) is 17.8. The third-order valence-electron chi connectivity index (χ3n) is 4.14. The number of hydrogen-bond acceptors (Lipinski definition) is 4. The Morgan fingerprint density at radius 1 is 1.42 bits per heavy atom. The zero-order valence-electron chi connectivity index (χ0n) is 14.3. The summed E-state index contributed by atoms with van der Waals surface area (Å²) < 4.78 is 5.08. The molecule has 0 N–H and O–H groups in total. The van der Waals surface area contributed by atoms with Gasteiger partial charge in [-0.1, -0.05) is 23.7 Å². The fourth-order valence-electron chi connectivity index (χ4n) is 2.99. The van der Waals surface area contributed by atoms with Crippen LogP contribution in [0.5, 0.6) is 0 Å². The molecule has 1 aliphatic heterocycles. The summed E-state index contributed by atoms with van der Waals surface area (Å²) >= 11 is 5.99. The zero-order chi connectivity index (χ0) is 17.5. The molecule has 1 saturated heterocycles. The first-order chi connectivity index (χ1) is 11.5. The third-order valence-corrected chi connectivity index (χ3v) is 4.38. The van der Waals surface area contributed by atoms with Crippen molar-refractivity contribution < 1.29 is 14.3 Å². The van der Waals surface area contributed by atoms with Crippen LogP contribution in [0.25, 0.3) is 0 Å². The SMILES string of the molecule is CCOC(=O)C1CCCN(C(=O)CN(C)Cc2cccc(Cl)c2)C1. The second kappa shape index (κ2) is 9.04. The molecule has 0 bridgehead atoms. The Bertz CT molecular complexity index is 579. The molecule has 24 heavy (non-hydrogen) atoms. The van der Waals surface area contributed by atoms with Gasteiger partial charge in [0, 0.05) is 24.7 Å². The summed E-state index contributed by atoms with van der Waals surface area (Å²) in [4.78, 5) is 28.1. The second-order valence-corrected chi connectivity index (χ2v) is 6.67. The molecule has 2 rings (SSSR count). The molecular weight excluding hydrogens is 328 g/mol. The third kappa shape index (κ3) is 5.49. The molecule has 0 radical (unpaired) electrons. The van der Waals surface area contributed by atoms with Gasteiger partial charge < -0.3 is 9.64 Å². The highest BCUT2D eigenvalue weighted by atomic mass is 35.5. The van der Waals surface area contributed by atoms with Crippen molar-refractivity contribution >= 4 is 23.5 Å². The molecule has 0 saturated carbocycles. The van der Waals surface area contributed by atoms with Gasteiger partial charge in [-0.15, -0.1) is 0 Å². The quantitative estimate of drug-likeness (QED) is 0.738. The summed E-state index contributed by atoms with van der Waals surface area (Å²) in [5, 5.41) is 0.695. The monoisotopic (exact) mass is 352 g/mol. The summed E-state index contributed by atoms with van der Waals surface area (Å²) in [6, 6.07) is 7.63. The molecule has 6 heteroatoms. The molecule has 132 valence electrons. The summed E-state index contributed by atoms with van der Waals surface area (Å²) in [6.07, 6.45) is 1.63. The summed E-state index contributed by atoms with van der Waals surface area (Å²) in [7, 11) is 1.91. The average Bonchev–Trinajstić information content (AvgIpc) is 2.55. The van der Waals surface area contributed by atoms with Crippen molar-refractivity contribution in [3.05, 3.63) is 34.9 Å². The van der Waals surface area contributed by atoms with Gasteiger partial charge in [0.05, 0.1) is 19.1 Å². The van der Waals surface area contributed by atoms with E-state index in [1.165, 1.54) is 0 Å². The topological polar surface area (TPSA) is 49.9 Å². The van der Waals surface area contributed by atoms with E-state index in [1.807, 2.05) is 36.2 Å². The molecule has 1 amide bonds. The largest absolute Gasteiger partial charge is 0.466 e. The van der Waals surface area contributed by atoms with Crippen LogP contribution in [0, 0.1) is 5.92 Å². The summed E-state index contributed by atoms with van der Waals surface area (Å²) in [6.45, 7) is 4.33. The fourth-order valence-corrected chi connectivity index (χ4v) is 3.20. The van der Waals surface area contributed by atoms with Crippen LogP contribution in [0.15, 0.2) is 24.3 Å². The lowest BCUT2D eigenvalue weighted by molar-refractivity contribution is -0.151. The molecule has 5 nitrogen and oxygen atoms in total. The lowest BCUT2D eigenvalue weighted by Crippen LogP contribution is -2.46.